The van der Waals surface area contributed by atoms with Crippen LogP contribution >= 0.6 is 0 Å². The number of aliphatic hydroxyl groups excluding tert-OH is 1. The Balaban J connectivity index is 2.16. The third-order valence-corrected chi connectivity index (χ3v) is 3.90. The molecule has 0 saturated carbocycles. The van der Waals surface area contributed by atoms with E-state index < -0.39 is 23.7 Å². The van der Waals surface area contributed by atoms with Gasteiger partial charge in [0.1, 0.15) is 23.9 Å². The van der Waals surface area contributed by atoms with E-state index in [1.165, 1.54) is 0 Å². The normalized spacial score (nSPS) is 16.5. The summed E-state index contributed by atoms with van der Waals surface area (Å²) in [4.78, 5) is 12.0. The van der Waals surface area contributed by atoms with Crippen LogP contribution in [0.1, 0.15) is 43.3 Å². The lowest BCUT2D eigenvalue weighted by Crippen LogP contribution is -2.14. The molecule has 0 bridgehead atoms. The first-order chi connectivity index (χ1) is 11.5. The van der Waals surface area contributed by atoms with Crippen LogP contribution in [-0.2, 0) is 6.61 Å². The summed E-state index contributed by atoms with van der Waals surface area (Å²) in [6.45, 7) is 3.77. The van der Waals surface area contributed by atoms with Gasteiger partial charge in [0.2, 0.25) is 11.2 Å². The maximum absolute atomic E-state index is 12.0. The first kappa shape index (κ1) is 16.3. The largest absolute Gasteiger partial charge is 0.502 e. The van der Waals surface area contributed by atoms with Gasteiger partial charge in [-0.2, -0.15) is 0 Å². The number of allylic oxidation sites excluding steroid dienone is 2. The molecule has 2 heterocycles. The minimum Gasteiger partial charge on any atom is -0.502 e. The molecule has 1 atom stereocenters. The lowest BCUT2D eigenvalue weighted by molar-refractivity contribution is 0.234. The van der Waals surface area contributed by atoms with E-state index in [0.29, 0.717) is 11.7 Å². The van der Waals surface area contributed by atoms with Crippen molar-refractivity contribution in [3.05, 3.63) is 69.5 Å². The highest BCUT2D eigenvalue weighted by Gasteiger charge is 2.28. The molecule has 3 rings (SSSR count). The van der Waals surface area contributed by atoms with Crippen LogP contribution in [0.25, 0.3) is 0 Å². The molecule has 1 aliphatic rings. The van der Waals surface area contributed by atoms with E-state index in [4.69, 9.17) is 9.15 Å². The molecule has 1 unspecified atom stereocenters. The van der Waals surface area contributed by atoms with Crippen LogP contribution in [0.2, 0.25) is 0 Å². The van der Waals surface area contributed by atoms with Crippen molar-refractivity contribution in [3.8, 4) is 11.5 Å². The Morgan fingerprint density at radius 3 is 2.71 bits per heavy atom. The number of benzene rings is 1. The molecular weight excluding hydrogens is 308 g/mol. The Kier molecular flexibility index (Phi) is 4.44. The van der Waals surface area contributed by atoms with Gasteiger partial charge < -0.3 is 19.4 Å². The van der Waals surface area contributed by atoms with E-state index in [1.54, 1.807) is 0 Å². The maximum Gasteiger partial charge on any atom is 0.227 e. The van der Waals surface area contributed by atoms with Crippen molar-refractivity contribution in [2.24, 2.45) is 5.92 Å². The SMILES string of the molecule is CC(C)CC1=CC(c2oc(CO)cc(=O)c2O)c2ccccc2O1. The predicted molar refractivity (Wildman–Crippen MR) is 89.0 cm³/mol. The predicted octanol–water partition coefficient (Wildman–Crippen LogP) is 3.29. The molecule has 2 aromatic rings. The topological polar surface area (TPSA) is 79.9 Å². The van der Waals surface area contributed by atoms with Crippen LogP contribution in [0.4, 0.5) is 0 Å². The Morgan fingerprint density at radius 2 is 2.00 bits per heavy atom. The highest BCUT2D eigenvalue weighted by atomic mass is 16.5. The minimum atomic E-state index is -0.567. The average Bonchev–Trinajstić information content (AvgIpc) is 2.56. The molecule has 0 amide bonds. The molecular formula is C19H20O5. The van der Waals surface area contributed by atoms with Crippen molar-refractivity contribution >= 4 is 0 Å². The molecule has 1 aromatic heterocycles. The summed E-state index contributed by atoms with van der Waals surface area (Å²) < 4.78 is 11.5. The summed E-state index contributed by atoms with van der Waals surface area (Å²) in [5, 5.41) is 19.5. The number of hydrogen-bond acceptors (Lipinski definition) is 5. The first-order valence-corrected chi connectivity index (χ1v) is 7.93. The second kappa shape index (κ2) is 6.53. The van der Waals surface area contributed by atoms with Gasteiger partial charge in [-0.15, -0.1) is 0 Å². The Bertz CT molecular complexity index is 832. The van der Waals surface area contributed by atoms with Crippen LogP contribution in [0, 0.1) is 5.92 Å². The van der Waals surface area contributed by atoms with Gasteiger partial charge in [0.15, 0.2) is 5.76 Å². The van der Waals surface area contributed by atoms with Gasteiger partial charge in [-0.25, -0.2) is 0 Å². The molecule has 0 radical (unpaired) electrons. The lowest BCUT2D eigenvalue weighted by Gasteiger charge is -2.25. The number of aliphatic hydroxyl groups is 1. The minimum absolute atomic E-state index is 0.121. The fourth-order valence-corrected chi connectivity index (χ4v) is 2.85. The fourth-order valence-electron chi connectivity index (χ4n) is 2.85. The number of ether oxygens (including phenoxy) is 1. The zero-order valence-electron chi connectivity index (χ0n) is 13.7. The summed E-state index contributed by atoms with van der Waals surface area (Å²) in [6, 6.07) is 8.55. The number of para-hydroxylation sites is 1. The summed E-state index contributed by atoms with van der Waals surface area (Å²) >= 11 is 0. The van der Waals surface area contributed by atoms with Crippen molar-refractivity contribution in [1.29, 1.82) is 0 Å². The summed E-state index contributed by atoms with van der Waals surface area (Å²) in [5.41, 5.74) is 0.238. The highest BCUT2D eigenvalue weighted by Crippen LogP contribution is 2.41. The third kappa shape index (κ3) is 3.08. The van der Waals surface area contributed by atoms with Crippen molar-refractivity contribution in [2.45, 2.75) is 32.8 Å². The molecule has 1 aliphatic heterocycles. The average molecular weight is 328 g/mol. The number of fused-ring (bicyclic) bond motifs is 1. The maximum atomic E-state index is 12.0. The molecule has 0 fully saturated rings. The van der Waals surface area contributed by atoms with Gasteiger partial charge in [-0.05, 0) is 18.1 Å². The summed E-state index contributed by atoms with van der Waals surface area (Å²) in [7, 11) is 0. The van der Waals surface area contributed by atoms with Crippen LogP contribution in [0.3, 0.4) is 0 Å². The number of hydrogen-bond donors (Lipinski definition) is 2. The van der Waals surface area contributed by atoms with Crippen molar-refractivity contribution in [3.63, 3.8) is 0 Å². The molecule has 5 heteroatoms. The summed E-state index contributed by atoms with van der Waals surface area (Å²) in [5.74, 6) is 1.21. The van der Waals surface area contributed by atoms with E-state index in [1.807, 2.05) is 30.3 Å². The van der Waals surface area contributed by atoms with Gasteiger partial charge in [0, 0.05) is 18.1 Å². The fraction of sp³-hybridized carbons (Fsp3) is 0.316. The zero-order chi connectivity index (χ0) is 17.3. The summed E-state index contributed by atoms with van der Waals surface area (Å²) in [6.07, 6.45) is 2.59. The third-order valence-electron chi connectivity index (χ3n) is 3.90. The zero-order valence-corrected chi connectivity index (χ0v) is 13.7. The smallest absolute Gasteiger partial charge is 0.227 e. The molecule has 0 spiro atoms. The first-order valence-electron chi connectivity index (χ1n) is 7.93. The van der Waals surface area contributed by atoms with Crippen LogP contribution in [0.5, 0.6) is 11.5 Å². The molecule has 2 N–H and O–H groups in total. The van der Waals surface area contributed by atoms with E-state index in [-0.39, 0.29) is 11.5 Å². The van der Waals surface area contributed by atoms with Crippen LogP contribution in [-0.4, -0.2) is 10.2 Å². The molecule has 0 aliphatic carbocycles. The monoisotopic (exact) mass is 328 g/mol. The van der Waals surface area contributed by atoms with E-state index in [2.05, 4.69) is 13.8 Å². The van der Waals surface area contributed by atoms with Gasteiger partial charge in [-0.3, -0.25) is 4.79 Å². The Labute approximate surface area is 139 Å². The molecule has 0 saturated heterocycles. The van der Waals surface area contributed by atoms with Crippen LogP contribution in [0.15, 0.2) is 51.4 Å². The Morgan fingerprint density at radius 1 is 1.25 bits per heavy atom. The van der Waals surface area contributed by atoms with Gasteiger partial charge >= 0.3 is 0 Å². The highest BCUT2D eigenvalue weighted by molar-refractivity contribution is 5.49. The second-order valence-corrected chi connectivity index (χ2v) is 6.30. The molecule has 24 heavy (non-hydrogen) atoms. The number of rotatable bonds is 4. The molecule has 1 aromatic carbocycles. The second-order valence-electron chi connectivity index (χ2n) is 6.30. The van der Waals surface area contributed by atoms with E-state index >= 15 is 0 Å². The standard InChI is InChI=1S/C19H20O5/c1-11(2)7-12-8-15(14-5-3-4-6-17(14)23-12)19-18(22)16(21)9-13(10-20)24-19/h3-6,8-9,11,15,20,22H,7,10H2,1-2H3. The van der Waals surface area contributed by atoms with Gasteiger partial charge in [-0.1, -0.05) is 32.0 Å². The van der Waals surface area contributed by atoms with Crippen LogP contribution < -0.4 is 10.2 Å². The Hall–Kier alpha value is -2.53. The van der Waals surface area contributed by atoms with Crippen molar-refractivity contribution < 1.29 is 19.4 Å². The van der Waals surface area contributed by atoms with E-state index in [0.717, 1.165) is 23.8 Å². The van der Waals surface area contributed by atoms with Crippen molar-refractivity contribution in [1.82, 2.24) is 0 Å². The number of aromatic hydroxyl groups is 1. The van der Waals surface area contributed by atoms with Crippen molar-refractivity contribution in [2.75, 3.05) is 0 Å². The lowest BCUT2D eigenvalue weighted by atomic mass is 9.90. The van der Waals surface area contributed by atoms with Gasteiger partial charge in [0.05, 0.1) is 5.92 Å². The quantitative estimate of drug-likeness (QED) is 0.900. The molecule has 126 valence electrons. The van der Waals surface area contributed by atoms with E-state index in [9.17, 15) is 15.0 Å². The molecule has 5 nitrogen and oxygen atoms in total. The van der Waals surface area contributed by atoms with Gasteiger partial charge in [0.25, 0.3) is 0 Å².